The molecule has 0 aliphatic carbocycles. The Bertz CT molecular complexity index is 2180. The Morgan fingerprint density at radius 2 is 1.59 bits per heavy atom. The van der Waals surface area contributed by atoms with Crippen LogP contribution in [0.3, 0.4) is 0 Å². The number of carbonyl (C=O) groups excluding carboxylic acids is 1. The van der Waals surface area contributed by atoms with Crippen LogP contribution in [0.4, 0.5) is 0 Å². The zero-order valence-corrected chi connectivity index (χ0v) is 26.9. The maximum atomic E-state index is 12.9. The quantitative estimate of drug-likeness (QED) is 0.0946. The van der Waals surface area contributed by atoms with Crippen molar-refractivity contribution < 1.29 is 30.0 Å². The van der Waals surface area contributed by atoms with E-state index in [1.165, 1.54) is 23.5 Å². The molecule has 6 aromatic rings. The number of carboxylic acids is 1. The predicted molar refractivity (Wildman–Crippen MR) is 187 cm³/mol. The number of aromatic amines is 1. The lowest BCUT2D eigenvalue weighted by atomic mass is 9.85. The fraction of sp³-hybridized carbons (Fsp3) is 0.132. The van der Waals surface area contributed by atoms with Gasteiger partial charge in [0.2, 0.25) is 11.2 Å². The second-order valence-corrected chi connectivity index (χ2v) is 12.7. The Labute approximate surface area is 285 Å². The van der Waals surface area contributed by atoms with Gasteiger partial charge in [0.05, 0.1) is 18.2 Å². The van der Waals surface area contributed by atoms with E-state index in [-0.39, 0.29) is 40.4 Å². The smallest absolute Gasteiger partial charge is 0.345 e. The van der Waals surface area contributed by atoms with Crippen LogP contribution in [-0.4, -0.2) is 43.8 Å². The van der Waals surface area contributed by atoms with Gasteiger partial charge in [0, 0.05) is 45.4 Å². The number of H-pyrrole nitrogens is 1. The molecule has 1 amide bonds. The third-order valence-electron chi connectivity index (χ3n) is 8.30. The van der Waals surface area contributed by atoms with E-state index < -0.39 is 17.7 Å². The molecule has 0 aliphatic heterocycles. The zero-order valence-electron chi connectivity index (χ0n) is 26.1. The van der Waals surface area contributed by atoms with Crippen molar-refractivity contribution in [3.05, 3.63) is 158 Å². The molecule has 11 heteroatoms. The van der Waals surface area contributed by atoms with Gasteiger partial charge in [-0.1, -0.05) is 66.7 Å². The van der Waals surface area contributed by atoms with Gasteiger partial charge in [-0.15, -0.1) is 11.3 Å². The van der Waals surface area contributed by atoms with E-state index in [0.717, 1.165) is 20.9 Å². The van der Waals surface area contributed by atoms with Crippen molar-refractivity contribution >= 4 is 34.1 Å². The van der Waals surface area contributed by atoms with Crippen molar-refractivity contribution in [3.8, 4) is 16.2 Å². The van der Waals surface area contributed by atoms with Crippen LogP contribution in [0.5, 0.6) is 5.75 Å². The molecule has 6 rings (SSSR count). The number of amides is 1. The maximum absolute atomic E-state index is 12.9. The van der Waals surface area contributed by atoms with Gasteiger partial charge in [-0.25, -0.2) is 4.79 Å². The zero-order chi connectivity index (χ0) is 34.5. The van der Waals surface area contributed by atoms with E-state index in [9.17, 15) is 34.8 Å². The molecule has 2 atom stereocenters. The summed E-state index contributed by atoms with van der Waals surface area (Å²) < 4.78 is 0. The van der Waals surface area contributed by atoms with Gasteiger partial charge >= 0.3 is 5.97 Å². The first-order valence-corrected chi connectivity index (χ1v) is 16.3. The highest BCUT2D eigenvalue weighted by molar-refractivity contribution is 7.15. The van der Waals surface area contributed by atoms with E-state index in [1.54, 1.807) is 72.8 Å². The normalized spacial score (nSPS) is 13.1. The Morgan fingerprint density at radius 1 is 0.837 bits per heavy atom. The van der Waals surface area contributed by atoms with Gasteiger partial charge in [0.1, 0.15) is 5.75 Å². The molecule has 2 heterocycles. The van der Waals surface area contributed by atoms with Crippen LogP contribution in [0, 0.1) is 0 Å². The van der Waals surface area contributed by atoms with Gasteiger partial charge in [-0.2, -0.15) is 0 Å². The van der Waals surface area contributed by atoms with Gasteiger partial charge in [-0.3, -0.25) is 9.59 Å². The fourth-order valence-electron chi connectivity index (χ4n) is 5.67. The Hall–Kier alpha value is -5.59. The van der Waals surface area contributed by atoms with Crippen molar-refractivity contribution in [2.45, 2.75) is 24.8 Å². The second-order valence-electron chi connectivity index (χ2n) is 11.5. The lowest BCUT2D eigenvalue weighted by molar-refractivity contribution is -0.155. The first kappa shape index (κ1) is 33.3. The van der Waals surface area contributed by atoms with Crippen LogP contribution in [-0.2, 0) is 23.5 Å². The number of aliphatic hydroxyl groups is 2. The SMILES string of the molecule is O=C(NCc1ccc(-c2cccc(C(O)(C(=O)O)c3ccccc3)c2)s1)c1ccc(CNCC(O)c2ccc(O)c3[nH]c(=O)ccc23)cc1. The van der Waals surface area contributed by atoms with E-state index in [1.807, 2.05) is 30.3 Å². The molecule has 7 N–H and O–H groups in total. The number of pyridine rings is 1. The largest absolute Gasteiger partial charge is 0.506 e. The first-order valence-electron chi connectivity index (χ1n) is 15.4. The number of rotatable bonds is 12. The highest BCUT2D eigenvalue weighted by atomic mass is 32.1. The van der Waals surface area contributed by atoms with E-state index >= 15 is 0 Å². The minimum atomic E-state index is -2.20. The summed E-state index contributed by atoms with van der Waals surface area (Å²) in [6, 6.07) is 32.0. The molecule has 248 valence electrons. The lowest BCUT2D eigenvalue weighted by Gasteiger charge is -2.25. The van der Waals surface area contributed by atoms with Crippen molar-refractivity contribution in [1.82, 2.24) is 15.6 Å². The van der Waals surface area contributed by atoms with Crippen molar-refractivity contribution in [1.29, 1.82) is 0 Å². The summed E-state index contributed by atoms with van der Waals surface area (Å²) in [5.74, 6) is -1.67. The summed E-state index contributed by atoms with van der Waals surface area (Å²) >= 11 is 1.46. The third-order valence-corrected chi connectivity index (χ3v) is 9.43. The maximum Gasteiger partial charge on any atom is 0.345 e. The number of carboxylic acid groups (broad SMARTS) is 1. The molecule has 0 radical (unpaired) electrons. The molecule has 2 unspecified atom stereocenters. The predicted octanol–water partition coefficient (Wildman–Crippen LogP) is 5.04. The fourth-order valence-corrected chi connectivity index (χ4v) is 6.62. The lowest BCUT2D eigenvalue weighted by Crippen LogP contribution is -2.36. The number of carbonyl (C=O) groups is 2. The van der Waals surface area contributed by atoms with Gasteiger partial charge in [0.15, 0.2) is 0 Å². The van der Waals surface area contributed by atoms with E-state index in [2.05, 4.69) is 15.6 Å². The van der Waals surface area contributed by atoms with E-state index in [0.29, 0.717) is 29.6 Å². The van der Waals surface area contributed by atoms with Crippen molar-refractivity contribution in [3.63, 3.8) is 0 Å². The monoisotopic (exact) mass is 675 g/mol. The number of nitrogens with one attached hydrogen (secondary N) is 3. The topological polar surface area (TPSA) is 172 Å². The third kappa shape index (κ3) is 7.15. The molecule has 0 spiro atoms. The number of phenols is 1. The standard InChI is InChI=1S/C38H33N3O7S/c42-31-16-14-29(30-15-18-34(44)41-35(30)31)32(43)22-39-20-23-9-11-24(12-10-23)36(45)40-21-28-13-17-33(49-28)25-5-4-8-27(19-25)38(48,37(46)47)26-6-2-1-3-7-26/h1-19,32,39,42-43,48H,20-22H2,(H,40,45)(H,41,44)(H,46,47). The highest BCUT2D eigenvalue weighted by Gasteiger charge is 2.40. The summed E-state index contributed by atoms with van der Waals surface area (Å²) in [7, 11) is 0. The number of hydrogen-bond donors (Lipinski definition) is 7. The van der Waals surface area contributed by atoms with Crippen LogP contribution in [0.15, 0.2) is 120 Å². The Kier molecular flexibility index (Phi) is 9.70. The Morgan fingerprint density at radius 3 is 2.35 bits per heavy atom. The number of benzene rings is 4. The van der Waals surface area contributed by atoms with Crippen molar-refractivity contribution in [2.75, 3.05) is 6.54 Å². The number of aliphatic hydroxyl groups excluding tert-OH is 1. The molecule has 0 aliphatic rings. The summed E-state index contributed by atoms with van der Waals surface area (Å²) in [4.78, 5) is 41.1. The number of thiophene rings is 1. The van der Waals surface area contributed by atoms with Gasteiger partial charge in [-0.05, 0) is 64.7 Å². The van der Waals surface area contributed by atoms with Gasteiger partial charge < -0.3 is 36.0 Å². The first-order chi connectivity index (χ1) is 23.6. The number of fused-ring (bicyclic) bond motifs is 1. The minimum absolute atomic E-state index is 0.0695. The molecule has 0 saturated carbocycles. The van der Waals surface area contributed by atoms with Gasteiger partial charge in [0.25, 0.3) is 5.91 Å². The highest BCUT2D eigenvalue weighted by Crippen LogP contribution is 2.35. The number of aliphatic carboxylic acids is 1. The molecule has 0 saturated heterocycles. The summed E-state index contributed by atoms with van der Waals surface area (Å²) in [6.45, 7) is 0.968. The van der Waals surface area contributed by atoms with E-state index in [4.69, 9.17) is 0 Å². The van der Waals surface area contributed by atoms with Crippen LogP contribution >= 0.6 is 11.3 Å². The number of aromatic nitrogens is 1. The summed E-state index contributed by atoms with van der Waals surface area (Å²) in [5.41, 5.74) is 0.959. The minimum Gasteiger partial charge on any atom is -0.506 e. The van der Waals surface area contributed by atoms with Crippen LogP contribution in [0.25, 0.3) is 21.3 Å². The molecule has 49 heavy (non-hydrogen) atoms. The average Bonchev–Trinajstić information content (AvgIpc) is 3.60. The average molecular weight is 676 g/mol. The Balaban J connectivity index is 1.03. The molecular weight excluding hydrogens is 642 g/mol. The number of phenolic OH excluding ortho intramolecular Hbond substituents is 1. The molecule has 0 fully saturated rings. The second kappa shape index (κ2) is 14.3. The van der Waals surface area contributed by atoms with Crippen LogP contribution < -0.4 is 16.2 Å². The molecule has 10 nitrogen and oxygen atoms in total. The summed E-state index contributed by atoms with van der Waals surface area (Å²) in [6.07, 6.45) is -0.886. The number of aromatic hydroxyl groups is 1. The molecule has 2 aromatic heterocycles. The number of hydrogen-bond acceptors (Lipinski definition) is 8. The van der Waals surface area contributed by atoms with Crippen LogP contribution in [0.2, 0.25) is 0 Å². The van der Waals surface area contributed by atoms with Crippen LogP contribution in [0.1, 0.15) is 43.6 Å². The van der Waals surface area contributed by atoms with Crippen molar-refractivity contribution in [2.24, 2.45) is 0 Å². The summed E-state index contributed by atoms with van der Waals surface area (Å²) in [5, 5.41) is 48.8. The molecule has 0 bridgehead atoms. The molecule has 4 aromatic carbocycles. The molecular formula is C38H33N3O7S.